The van der Waals surface area contributed by atoms with Gasteiger partial charge >= 0.3 is 0 Å². The number of para-hydroxylation sites is 2. The summed E-state index contributed by atoms with van der Waals surface area (Å²) in [6, 6.07) is 74.2. The lowest BCUT2D eigenvalue weighted by molar-refractivity contribution is 0.660. The second-order valence-corrected chi connectivity index (χ2v) is 20.4. The Kier molecular flexibility index (Phi) is 8.13. The maximum absolute atomic E-state index is 6.90. The predicted molar refractivity (Wildman–Crippen MR) is 293 cm³/mol. The molecule has 15 rings (SSSR count). The monoisotopic (exact) mass is 914 g/mol. The van der Waals surface area contributed by atoms with Crippen molar-refractivity contribution in [3.8, 4) is 22.3 Å². The number of hydrogen-bond acceptors (Lipinski definition) is 5. The molecule has 0 N–H and O–H groups in total. The highest BCUT2D eigenvalue weighted by molar-refractivity contribution is 6.30. The van der Waals surface area contributed by atoms with Crippen LogP contribution in [0.25, 0.3) is 88.1 Å². The first kappa shape index (κ1) is 40.1. The number of nitrogens with zero attached hydrogens (tertiary/aromatic N) is 2. The Labute approximate surface area is 410 Å². The molecule has 3 aromatic heterocycles. The summed E-state index contributed by atoms with van der Waals surface area (Å²) in [5.74, 6) is 0. The van der Waals surface area contributed by atoms with Crippen LogP contribution in [0.1, 0.15) is 49.9 Å². The lowest BCUT2D eigenvalue weighted by Gasteiger charge is -2.28. The number of rotatable bonds is 6. The summed E-state index contributed by atoms with van der Waals surface area (Å²) in [4.78, 5) is 4.67. The van der Waals surface area contributed by atoms with E-state index in [0.717, 1.165) is 99.9 Å². The standard InChI is InChI=1S/C66H46N2O3/c1-65(2)52-21-13-11-19-45(52)47-27-23-41(35-54(47)65)67(39-15-7-5-8-16-39)43-25-29-49-59(37-43)69-56-33-34-57-62(61(49)56)51-31-32-58-63(64(51)71-57)50-30-26-44(38-60(50)70-58)68(40-17-9-6-10-18-40)42-24-28-48-46-20-12-14-22-53(46)66(3,4)55(48)36-42/h5-38H,1-4H3. The second-order valence-electron chi connectivity index (χ2n) is 20.4. The molecule has 5 nitrogen and oxygen atoms in total. The molecule has 338 valence electrons. The van der Waals surface area contributed by atoms with Gasteiger partial charge in [0.15, 0.2) is 0 Å². The molecule has 0 aliphatic heterocycles. The summed E-state index contributed by atoms with van der Waals surface area (Å²) in [7, 11) is 0. The molecular weight excluding hydrogens is 869 g/mol. The average molecular weight is 915 g/mol. The highest BCUT2D eigenvalue weighted by Gasteiger charge is 2.37. The molecule has 13 aromatic rings. The van der Waals surface area contributed by atoms with Gasteiger partial charge in [-0.2, -0.15) is 0 Å². The SMILES string of the molecule is CC1(C)c2ccccc2-c2ccc(N(c3ccccc3)c3ccc4c(c3)oc3ccc5c(oc6ccc7oc8cc(N(c9ccccc9)c9ccc%10c(c9)C(C)(C)c9ccccc9-%10)ccc8c7c65)c34)cc21. The van der Waals surface area contributed by atoms with Gasteiger partial charge in [0.1, 0.15) is 33.5 Å². The fourth-order valence-corrected chi connectivity index (χ4v) is 12.4. The topological polar surface area (TPSA) is 45.9 Å². The zero-order chi connectivity index (χ0) is 47.3. The van der Waals surface area contributed by atoms with E-state index in [-0.39, 0.29) is 10.8 Å². The van der Waals surface area contributed by atoms with Crippen LogP contribution in [-0.2, 0) is 10.8 Å². The molecule has 3 heterocycles. The Balaban J connectivity index is 0.849. The third-order valence-corrected chi connectivity index (χ3v) is 15.8. The van der Waals surface area contributed by atoms with Crippen LogP contribution in [0.4, 0.5) is 34.1 Å². The van der Waals surface area contributed by atoms with Crippen LogP contribution in [-0.4, -0.2) is 0 Å². The van der Waals surface area contributed by atoms with Crippen molar-refractivity contribution < 1.29 is 13.3 Å². The first-order valence-electron chi connectivity index (χ1n) is 24.6. The smallest absolute Gasteiger partial charge is 0.147 e. The molecule has 5 heteroatoms. The van der Waals surface area contributed by atoms with E-state index in [1.807, 2.05) is 12.1 Å². The molecule has 2 aliphatic rings. The van der Waals surface area contributed by atoms with Crippen molar-refractivity contribution in [1.82, 2.24) is 0 Å². The van der Waals surface area contributed by atoms with E-state index in [2.05, 4.69) is 232 Å². The molecule has 2 aliphatic carbocycles. The van der Waals surface area contributed by atoms with Crippen molar-refractivity contribution in [2.45, 2.75) is 38.5 Å². The molecule has 71 heavy (non-hydrogen) atoms. The summed E-state index contributed by atoms with van der Waals surface area (Å²) < 4.78 is 20.5. The first-order valence-corrected chi connectivity index (χ1v) is 24.6. The maximum atomic E-state index is 6.90. The van der Waals surface area contributed by atoms with E-state index < -0.39 is 0 Å². The molecule has 0 saturated heterocycles. The fraction of sp³-hybridized carbons (Fsp3) is 0.0909. The number of fused-ring (bicyclic) bond motifs is 17. The van der Waals surface area contributed by atoms with Gasteiger partial charge in [-0.15, -0.1) is 0 Å². The summed E-state index contributed by atoms with van der Waals surface area (Å²) in [5.41, 5.74) is 21.6. The van der Waals surface area contributed by atoms with E-state index in [0.29, 0.717) is 0 Å². The van der Waals surface area contributed by atoms with E-state index in [1.54, 1.807) is 0 Å². The third-order valence-electron chi connectivity index (χ3n) is 15.8. The molecule has 0 spiro atoms. The molecule has 0 radical (unpaired) electrons. The zero-order valence-electron chi connectivity index (χ0n) is 39.7. The normalized spacial score (nSPS) is 14.1. The van der Waals surface area contributed by atoms with E-state index in [1.165, 1.54) is 44.5 Å². The van der Waals surface area contributed by atoms with Crippen molar-refractivity contribution in [1.29, 1.82) is 0 Å². The Morgan fingerprint density at radius 1 is 0.282 bits per heavy atom. The van der Waals surface area contributed by atoms with Gasteiger partial charge in [-0.1, -0.05) is 125 Å². The summed E-state index contributed by atoms with van der Waals surface area (Å²) in [6.45, 7) is 9.34. The van der Waals surface area contributed by atoms with Gasteiger partial charge in [0.05, 0.1) is 5.39 Å². The summed E-state index contributed by atoms with van der Waals surface area (Å²) in [5, 5.41) is 6.11. The Morgan fingerprint density at radius 2 is 0.662 bits per heavy atom. The minimum Gasteiger partial charge on any atom is -0.456 e. The van der Waals surface area contributed by atoms with E-state index >= 15 is 0 Å². The molecule has 0 saturated carbocycles. The quantitative estimate of drug-likeness (QED) is 0.166. The number of anilines is 6. The van der Waals surface area contributed by atoms with Crippen LogP contribution in [0.2, 0.25) is 0 Å². The van der Waals surface area contributed by atoms with Crippen LogP contribution in [0.5, 0.6) is 0 Å². The Bertz CT molecular complexity index is 4360. The van der Waals surface area contributed by atoms with Gasteiger partial charge in [-0.05, 0) is 142 Å². The zero-order valence-corrected chi connectivity index (χ0v) is 39.7. The predicted octanol–water partition coefficient (Wildman–Crippen LogP) is 18.9. The summed E-state index contributed by atoms with van der Waals surface area (Å²) >= 11 is 0. The molecule has 0 atom stereocenters. The molecular formula is C66H46N2O3. The lowest BCUT2D eigenvalue weighted by atomic mass is 9.82. The Hall–Kier alpha value is -8.80. The molecule has 0 amide bonds. The van der Waals surface area contributed by atoms with Crippen LogP contribution in [0, 0.1) is 0 Å². The van der Waals surface area contributed by atoms with Gasteiger partial charge in [-0.3, -0.25) is 0 Å². The largest absolute Gasteiger partial charge is 0.456 e. The van der Waals surface area contributed by atoms with Crippen LogP contribution in [0.15, 0.2) is 220 Å². The maximum Gasteiger partial charge on any atom is 0.147 e. The van der Waals surface area contributed by atoms with Gasteiger partial charge < -0.3 is 23.1 Å². The second kappa shape index (κ2) is 14.4. The number of benzene rings is 10. The first-order chi connectivity index (χ1) is 34.7. The van der Waals surface area contributed by atoms with Crippen LogP contribution >= 0.6 is 0 Å². The van der Waals surface area contributed by atoms with Crippen molar-refractivity contribution in [2.24, 2.45) is 0 Å². The molecule has 0 bridgehead atoms. The Morgan fingerprint density at radius 3 is 1.20 bits per heavy atom. The van der Waals surface area contributed by atoms with Gasteiger partial charge in [0, 0.05) is 84.0 Å². The van der Waals surface area contributed by atoms with Crippen molar-refractivity contribution >= 4 is 99.9 Å². The van der Waals surface area contributed by atoms with Gasteiger partial charge in [0.25, 0.3) is 0 Å². The van der Waals surface area contributed by atoms with Crippen molar-refractivity contribution in [3.05, 3.63) is 229 Å². The fourth-order valence-electron chi connectivity index (χ4n) is 12.4. The van der Waals surface area contributed by atoms with Crippen molar-refractivity contribution in [2.75, 3.05) is 9.80 Å². The van der Waals surface area contributed by atoms with Crippen LogP contribution < -0.4 is 9.80 Å². The van der Waals surface area contributed by atoms with E-state index in [4.69, 9.17) is 13.3 Å². The summed E-state index contributed by atoms with van der Waals surface area (Å²) in [6.07, 6.45) is 0. The van der Waals surface area contributed by atoms with E-state index in [9.17, 15) is 0 Å². The molecule has 0 unspecified atom stereocenters. The number of furan rings is 3. The minimum atomic E-state index is -0.124. The highest BCUT2D eigenvalue weighted by atomic mass is 16.3. The average Bonchev–Trinajstić information content (AvgIpc) is 4.18. The number of hydrogen-bond donors (Lipinski definition) is 0. The highest BCUT2D eigenvalue weighted by Crippen LogP contribution is 2.53. The third kappa shape index (κ3) is 5.63. The minimum absolute atomic E-state index is 0.123. The van der Waals surface area contributed by atoms with Gasteiger partial charge in [-0.25, -0.2) is 0 Å². The van der Waals surface area contributed by atoms with Gasteiger partial charge in [0.2, 0.25) is 0 Å². The van der Waals surface area contributed by atoms with Crippen molar-refractivity contribution in [3.63, 3.8) is 0 Å². The van der Waals surface area contributed by atoms with Crippen LogP contribution in [0.3, 0.4) is 0 Å². The molecule has 10 aromatic carbocycles. The lowest BCUT2D eigenvalue weighted by Crippen LogP contribution is -2.16. The molecule has 0 fully saturated rings.